The van der Waals surface area contributed by atoms with Crippen LogP contribution in [0.5, 0.6) is 5.75 Å². The van der Waals surface area contributed by atoms with Crippen LogP contribution in [0.15, 0.2) is 60.8 Å². The van der Waals surface area contributed by atoms with Crippen molar-refractivity contribution in [1.29, 1.82) is 0 Å². The lowest BCUT2D eigenvalue weighted by atomic mass is 10.1. The van der Waals surface area contributed by atoms with Crippen molar-refractivity contribution in [3.63, 3.8) is 0 Å². The van der Waals surface area contributed by atoms with Gasteiger partial charge in [0.15, 0.2) is 11.6 Å². The fourth-order valence-electron chi connectivity index (χ4n) is 4.21. The molecule has 0 atom stereocenters. The number of hydrogen-bond acceptors (Lipinski definition) is 5. The molecule has 2 aromatic carbocycles. The third-order valence-electron chi connectivity index (χ3n) is 6.07. The number of amides is 1. The molecule has 1 amide bonds. The number of para-hydroxylation sites is 1. The first-order valence-electron chi connectivity index (χ1n) is 11.3. The maximum Gasteiger partial charge on any atom is 0.260 e. The molecule has 1 aliphatic rings. The van der Waals surface area contributed by atoms with Crippen LogP contribution < -0.4 is 4.74 Å². The zero-order valence-corrected chi connectivity index (χ0v) is 19.8. The van der Waals surface area contributed by atoms with Gasteiger partial charge in [-0.05, 0) is 26.0 Å². The Balaban J connectivity index is 1.26. The Labute approximate surface area is 198 Å². The van der Waals surface area contributed by atoms with Crippen molar-refractivity contribution in [2.45, 2.75) is 20.4 Å². The van der Waals surface area contributed by atoms with E-state index >= 15 is 0 Å². The predicted octanol–water partition coefficient (Wildman–Crippen LogP) is 4.40. The normalized spacial score (nSPS) is 14.7. The molecular formula is C26H28N4O2S. The summed E-state index contributed by atoms with van der Waals surface area (Å²) in [6.45, 7) is 8.20. The summed E-state index contributed by atoms with van der Waals surface area (Å²) in [5.41, 5.74) is 4.66. The smallest absolute Gasteiger partial charge is 0.260 e. The minimum atomic E-state index is 0.0408. The van der Waals surface area contributed by atoms with Gasteiger partial charge in [0.25, 0.3) is 5.91 Å². The van der Waals surface area contributed by atoms with Crippen molar-refractivity contribution in [1.82, 2.24) is 19.2 Å². The van der Waals surface area contributed by atoms with E-state index in [1.165, 1.54) is 16.1 Å². The highest BCUT2D eigenvalue weighted by Gasteiger charge is 2.24. The number of nitrogens with zero attached hydrogens (tertiary/aromatic N) is 4. The Morgan fingerprint density at radius 1 is 1.00 bits per heavy atom. The minimum Gasteiger partial charge on any atom is -0.484 e. The largest absolute Gasteiger partial charge is 0.484 e. The quantitative estimate of drug-likeness (QED) is 0.428. The fourth-order valence-corrected chi connectivity index (χ4v) is 5.06. The molecule has 3 heterocycles. The standard InChI is InChI=1S/C26H28N4O2S/c1-19-8-10-21(11-9-19)25-23(30-16-20(2)33-26(30)27-25)17-28-12-14-29(15-13-28)24(31)18-32-22-6-4-3-5-7-22/h3-11,16H,12-15,17-18H2,1-2H3. The van der Waals surface area contributed by atoms with Gasteiger partial charge in [-0.3, -0.25) is 14.1 Å². The van der Waals surface area contributed by atoms with Gasteiger partial charge >= 0.3 is 0 Å². The third kappa shape index (κ3) is 4.79. The highest BCUT2D eigenvalue weighted by molar-refractivity contribution is 7.17. The lowest BCUT2D eigenvalue weighted by Gasteiger charge is -2.34. The lowest BCUT2D eigenvalue weighted by Crippen LogP contribution is -2.49. The molecule has 1 aliphatic heterocycles. The number of fused-ring (bicyclic) bond motifs is 1. The van der Waals surface area contributed by atoms with Gasteiger partial charge in [-0.15, -0.1) is 11.3 Å². The molecular weight excluding hydrogens is 432 g/mol. The van der Waals surface area contributed by atoms with Crippen LogP contribution in [0.2, 0.25) is 0 Å². The van der Waals surface area contributed by atoms with Gasteiger partial charge in [-0.2, -0.15) is 0 Å². The van der Waals surface area contributed by atoms with E-state index in [1.807, 2.05) is 35.2 Å². The van der Waals surface area contributed by atoms with Gasteiger partial charge in [0.1, 0.15) is 5.75 Å². The molecule has 7 heteroatoms. The monoisotopic (exact) mass is 460 g/mol. The van der Waals surface area contributed by atoms with Crippen LogP contribution in [-0.2, 0) is 11.3 Å². The van der Waals surface area contributed by atoms with Gasteiger partial charge < -0.3 is 9.64 Å². The van der Waals surface area contributed by atoms with E-state index in [0.29, 0.717) is 13.1 Å². The van der Waals surface area contributed by atoms with Crippen molar-refractivity contribution in [3.8, 4) is 17.0 Å². The summed E-state index contributed by atoms with van der Waals surface area (Å²) in [6, 6.07) is 18.1. The second-order valence-electron chi connectivity index (χ2n) is 8.53. The number of carbonyl (C=O) groups is 1. The Morgan fingerprint density at radius 2 is 1.73 bits per heavy atom. The Kier molecular flexibility index (Phi) is 6.15. The fraction of sp³-hybridized carbons (Fsp3) is 0.308. The summed E-state index contributed by atoms with van der Waals surface area (Å²) >= 11 is 1.72. The summed E-state index contributed by atoms with van der Waals surface area (Å²) in [6.07, 6.45) is 2.18. The highest BCUT2D eigenvalue weighted by Crippen LogP contribution is 2.29. The maximum atomic E-state index is 12.6. The van der Waals surface area contributed by atoms with Crippen LogP contribution in [0.4, 0.5) is 0 Å². The summed E-state index contributed by atoms with van der Waals surface area (Å²) in [4.78, 5) is 24.2. The second-order valence-corrected chi connectivity index (χ2v) is 9.74. The van der Waals surface area contributed by atoms with Gasteiger partial charge in [-0.25, -0.2) is 4.98 Å². The van der Waals surface area contributed by atoms with Crippen LogP contribution in [-0.4, -0.2) is 57.9 Å². The molecule has 0 N–H and O–H groups in total. The molecule has 1 fully saturated rings. The first-order valence-corrected chi connectivity index (χ1v) is 12.1. The number of ether oxygens (including phenoxy) is 1. The third-order valence-corrected chi connectivity index (χ3v) is 6.97. The zero-order chi connectivity index (χ0) is 22.8. The van der Waals surface area contributed by atoms with Crippen molar-refractivity contribution < 1.29 is 9.53 Å². The minimum absolute atomic E-state index is 0.0408. The van der Waals surface area contributed by atoms with E-state index in [0.717, 1.165) is 41.6 Å². The Hall–Kier alpha value is -3.16. The molecule has 0 unspecified atom stereocenters. The van der Waals surface area contributed by atoms with Crippen LogP contribution in [0.1, 0.15) is 16.1 Å². The van der Waals surface area contributed by atoms with Crippen molar-refractivity contribution >= 4 is 22.2 Å². The number of aromatic nitrogens is 2. The summed E-state index contributed by atoms with van der Waals surface area (Å²) < 4.78 is 7.88. The average molecular weight is 461 g/mol. The molecule has 4 aromatic rings. The molecule has 33 heavy (non-hydrogen) atoms. The van der Waals surface area contributed by atoms with E-state index in [9.17, 15) is 4.79 Å². The second kappa shape index (κ2) is 9.37. The van der Waals surface area contributed by atoms with Crippen molar-refractivity contribution in [3.05, 3.63) is 76.9 Å². The van der Waals surface area contributed by atoms with E-state index in [2.05, 4.69) is 53.6 Å². The van der Waals surface area contributed by atoms with Crippen LogP contribution in [0.25, 0.3) is 16.2 Å². The number of carbonyl (C=O) groups excluding carboxylic acids is 1. The molecule has 0 saturated carbocycles. The maximum absolute atomic E-state index is 12.6. The first kappa shape index (κ1) is 21.7. The van der Waals surface area contributed by atoms with E-state index in [-0.39, 0.29) is 12.5 Å². The number of imidazole rings is 1. The number of piperazine rings is 1. The van der Waals surface area contributed by atoms with Gasteiger partial charge in [0.05, 0.1) is 11.4 Å². The Bertz CT molecular complexity index is 1240. The van der Waals surface area contributed by atoms with E-state index in [1.54, 1.807) is 11.3 Å². The van der Waals surface area contributed by atoms with Gasteiger partial charge in [0, 0.05) is 49.4 Å². The van der Waals surface area contributed by atoms with Crippen LogP contribution in [0, 0.1) is 13.8 Å². The molecule has 0 bridgehead atoms. The van der Waals surface area contributed by atoms with Gasteiger partial charge in [0.2, 0.25) is 0 Å². The topological polar surface area (TPSA) is 50.1 Å². The van der Waals surface area contributed by atoms with E-state index in [4.69, 9.17) is 9.72 Å². The summed E-state index contributed by atoms with van der Waals surface area (Å²) in [5.74, 6) is 0.767. The molecule has 5 rings (SSSR count). The summed E-state index contributed by atoms with van der Waals surface area (Å²) in [5, 5.41) is 0. The predicted molar refractivity (Wildman–Crippen MR) is 132 cm³/mol. The van der Waals surface area contributed by atoms with E-state index < -0.39 is 0 Å². The molecule has 1 saturated heterocycles. The first-order chi connectivity index (χ1) is 16.1. The molecule has 2 aromatic heterocycles. The van der Waals surface area contributed by atoms with Crippen LogP contribution >= 0.6 is 11.3 Å². The van der Waals surface area contributed by atoms with Crippen molar-refractivity contribution in [2.24, 2.45) is 0 Å². The number of benzene rings is 2. The van der Waals surface area contributed by atoms with Gasteiger partial charge in [-0.1, -0.05) is 48.0 Å². The zero-order valence-electron chi connectivity index (χ0n) is 19.0. The average Bonchev–Trinajstić information content (AvgIpc) is 3.36. The molecule has 0 spiro atoms. The molecule has 0 aliphatic carbocycles. The number of rotatable bonds is 6. The number of hydrogen-bond donors (Lipinski definition) is 0. The summed E-state index contributed by atoms with van der Waals surface area (Å²) in [7, 11) is 0. The number of aryl methyl sites for hydroxylation is 2. The SMILES string of the molecule is Cc1ccc(-c2nc3sc(C)cn3c2CN2CCN(C(=O)COc3ccccc3)CC2)cc1. The number of thiazole rings is 1. The molecule has 170 valence electrons. The highest BCUT2D eigenvalue weighted by atomic mass is 32.1. The molecule has 6 nitrogen and oxygen atoms in total. The lowest BCUT2D eigenvalue weighted by molar-refractivity contribution is -0.135. The Morgan fingerprint density at radius 3 is 2.45 bits per heavy atom. The van der Waals surface area contributed by atoms with Crippen LogP contribution in [0.3, 0.4) is 0 Å². The van der Waals surface area contributed by atoms with Crippen molar-refractivity contribution in [2.75, 3.05) is 32.8 Å². The molecule has 0 radical (unpaired) electrons.